The summed E-state index contributed by atoms with van der Waals surface area (Å²) < 4.78 is 5.79. The monoisotopic (exact) mass is 269 g/mol. The molecular formula is C17H19NO2. The third-order valence-corrected chi connectivity index (χ3v) is 4.83. The number of phenols is 1. The summed E-state index contributed by atoms with van der Waals surface area (Å²) in [6.45, 7) is 0. The summed E-state index contributed by atoms with van der Waals surface area (Å²) in [5, 5.41) is 9.50. The zero-order valence-corrected chi connectivity index (χ0v) is 11.5. The van der Waals surface area contributed by atoms with Crippen LogP contribution in [0.4, 0.5) is 0 Å². The molecule has 2 aromatic rings. The summed E-state index contributed by atoms with van der Waals surface area (Å²) in [6.07, 6.45) is 10.2. The summed E-state index contributed by atoms with van der Waals surface area (Å²) in [5.74, 6) is 2.41. The van der Waals surface area contributed by atoms with Crippen molar-refractivity contribution in [2.45, 2.75) is 38.5 Å². The summed E-state index contributed by atoms with van der Waals surface area (Å²) in [4.78, 5) is 4.49. The summed E-state index contributed by atoms with van der Waals surface area (Å²) >= 11 is 0. The third-order valence-electron chi connectivity index (χ3n) is 4.83. The van der Waals surface area contributed by atoms with Gasteiger partial charge in [-0.3, -0.25) is 0 Å². The first-order chi connectivity index (χ1) is 9.79. The van der Waals surface area contributed by atoms with Crippen molar-refractivity contribution in [2.24, 2.45) is 11.8 Å². The topological polar surface area (TPSA) is 46.3 Å². The van der Waals surface area contributed by atoms with Gasteiger partial charge in [-0.25, -0.2) is 4.98 Å². The Labute approximate surface area is 118 Å². The Kier molecular flexibility index (Phi) is 2.79. The predicted molar refractivity (Wildman–Crippen MR) is 78.3 cm³/mol. The second kappa shape index (κ2) is 4.65. The first-order valence-corrected chi connectivity index (χ1v) is 7.60. The highest BCUT2D eigenvalue weighted by Crippen LogP contribution is 2.44. The summed E-state index contributed by atoms with van der Waals surface area (Å²) in [7, 11) is 0. The number of fused-ring (bicyclic) bond motifs is 3. The molecule has 1 heterocycles. The minimum atomic E-state index is 0.236. The molecule has 0 aliphatic heterocycles. The average Bonchev–Trinajstić information content (AvgIpc) is 2.80. The van der Waals surface area contributed by atoms with E-state index in [1.54, 1.807) is 23.8 Å². The van der Waals surface area contributed by atoms with Gasteiger partial charge in [0.25, 0.3) is 0 Å². The normalized spacial score (nSPS) is 25.9. The summed E-state index contributed by atoms with van der Waals surface area (Å²) in [6, 6.07) is 5.07. The number of benzene rings is 1. The smallest absolute Gasteiger partial charge is 0.219 e. The van der Waals surface area contributed by atoms with E-state index < -0.39 is 0 Å². The van der Waals surface area contributed by atoms with E-state index in [0.29, 0.717) is 5.89 Å². The van der Waals surface area contributed by atoms with Gasteiger partial charge in [-0.15, -0.1) is 0 Å². The number of aromatic nitrogens is 1. The number of hydrogen-bond acceptors (Lipinski definition) is 3. The predicted octanol–water partition coefficient (Wildman–Crippen LogP) is 4.52. The van der Waals surface area contributed by atoms with Gasteiger partial charge in [0.1, 0.15) is 11.3 Å². The SMILES string of the molecule is Oc1ccc2oc(C=C3C4CCCC3CCC4)nc2c1. The number of oxazole rings is 1. The molecule has 0 spiro atoms. The molecule has 0 atom stereocenters. The van der Waals surface area contributed by atoms with Crippen molar-refractivity contribution in [1.82, 2.24) is 4.98 Å². The minimum absolute atomic E-state index is 0.236. The second-order valence-electron chi connectivity index (χ2n) is 6.10. The molecule has 3 heteroatoms. The average molecular weight is 269 g/mol. The number of nitrogens with zero attached hydrogens (tertiary/aromatic N) is 1. The molecule has 1 aromatic heterocycles. The van der Waals surface area contributed by atoms with E-state index in [1.807, 2.05) is 0 Å². The van der Waals surface area contributed by atoms with Crippen LogP contribution in [-0.2, 0) is 0 Å². The number of allylic oxidation sites excluding steroid dienone is 1. The molecule has 1 N–H and O–H groups in total. The zero-order valence-electron chi connectivity index (χ0n) is 11.5. The maximum Gasteiger partial charge on any atom is 0.219 e. The van der Waals surface area contributed by atoms with E-state index >= 15 is 0 Å². The quantitative estimate of drug-likeness (QED) is 0.828. The zero-order chi connectivity index (χ0) is 13.5. The van der Waals surface area contributed by atoms with Crippen LogP contribution >= 0.6 is 0 Å². The maximum absolute atomic E-state index is 9.50. The largest absolute Gasteiger partial charge is 0.508 e. The van der Waals surface area contributed by atoms with Gasteiger partial charge in [-0.2, -0.15) is 0 Å². The lowest BCUT2D eigenvalue weighted by atomic mass is 9.68. The van der Waals surface area contributed by atoms with E-state index in [2.05, 4.69) is 11.1 Å². The Morgan fingerprint density at radius 3 is 2.50 bits per heavy atom. The molecule has 0 radical (unpaired) electrons. The first kappa shape index (κ1) is 12.0. The lowest BCUT2D eigenvalue weighted by molar-refractivity contribution is 0.279. The van der Waals surface area contributed by atoms with Crippen LogP contribution in [-0.4, -0.2) is 10.1 Å². The number of phenolic OH excluding ortho intramolecular Hbond substituents is 1. The van der Waals surface area contributed by atoms with Crippen LogP contribution in [0.5, 0.6) is 5.75 Å². The van der Waals surface area contributed by atoms with E-state index in [1.165, 1.54) is 38.5 Å². The fraction of sp³-hybridized carbons (Fsp3) is 0.471. The number of aromatic hydroxyl groups is 1. The molecule has 104 valence electrons. The molecule has 2 aliphatic rings. The molecule has 0 amide bonds. The molecule has 2 aliphatic carbocycles. The van der Waals surface area contributed by atoms with E-state index in [9.17, 15) is 5.11 Å². The Morgan fingerprint density at radius 1 is 1.10 bits per heavy atom. The molecule has 0 saturated heterocycles. The lowest BCUT2D eigenvalue weighted by Gasteiger charge is -2.37. The Bertz CT molecular complexity index is 647. The van der Waals surface area contributed by atoms with Gasteiger partial charge in [0.15, 0.2) is 5.58 Å². The third kappa shape index (κ3) is 2.01. The van der Waals surface area contributed by atoms with E-state index in [-0.39, 0.29) is 5.75 Å². The van der Waals surface area contributed by atoms with Gasteiger partial charge in [-0.05, 0) is 49.7 Å². The fourth-order valence-electron chi connectivity index (χ4n) is 3.88. The second-order valence-corrected chi connectivity index (χ2v) is 6.10. The highest BCUT2D eigenvalue weighted by Gasteiger charge is 2.31. The van der Waals surface area contributed by atoms with Crippen molar-refractivity contribution < 1.29 is 9.52 Å². The Hall–Kier alpha value is -1.77. The molecule has 1 aromatic carbocycles. The van der Waals surface area contributed by atoms with Crippen LogP contribution in [0, 0.1) is 11.8 Å². The minimum Gasteiger partial charge on any atom is -0.508 e. The van der Waals surface area contributed by atoms with E-state index in [4.69, 9.17) is 4.42 Å². The first-order valence-electron chi connectivity index (χ1n) is 7.60. The molecule has 0 unspecified atom stereocenters. The molecule has 2 saturated carbocycles. The van der Waals surface area contributed by atoms with Crippen molar-refractivity contribution >= 4 is 17.2 Å². The van der Waals surface area contributed by atoms with Gasteiger partial charge in [0.05, 0.1) is 0 Å². The molecule has 2 bridgehead atoms. The Morgan fingerprint density at radius 2 is 1.80 bits per heavy atom. The Balaban J connectivity index is 1.73. The van der Waals surface area contributed by atoms with Crippen LogP contribution in [0.25, 0.3) is 17.2 Å². The van der Waals surface area contributed by atoms with Gasteiger partial charge in [0.2, 0.25) is 5.89 Å². The van der Waals surface area contributed by atoms with Gasteiger partial charge < -0.3 is 9.52 Å². The van der Waals surface area contributed by atoms with Gasteiger partial charge in [-0.1, -0.05) is 18.4 Å². The molecule has 3 nitrogen and oxygen atoms in total. The number of rotatable bonds is 1. The van der Waals surface area contributed by atoms with E-state index in [0.717, 1.165) is 22.9 Å². The molecule has 2 fully saturated rings. The highest BCUT2D eigenvalue weighted by atomic mass is 16.3. The lowest BCUT2D eigenvalue weighted by Crippen LogP contribution is -2.24. The fourth-order valence-corrected chi connectivity index (χ4v) is 3.88. The highest BCUT2D eigenvalue weighted by molar-refractivity contribution is 5.75. The van der Waals surface area contributed by atoms with Crippen LogP contribution in [0.1, 0.15) is 44.4 Å². The standard InChI is InChI=1S/C17H19NO2/c19-13-7-8-16-15(9-13)18-17(20-16)10-14-11-3-1-4-12(14)6-2-5-11/h7-12,19H,1-6H2. The van der Waals surface area contributed by atoms with Crippen molar-refractivity contribution in [3.63, 3.8) is 0 Å². The van der Waals surface area contributed by atoms with Crippen molar-refractivity contribution in [2.75, 3.05) is 0 Å². The van der Waals surface area contributed by atoms with Crippen molar-refractivity contribution in [1.29, 1.82) is 0 Å². The van der Waals surface area contributed by atoms with Gasteiger partial charge >= 0.3 is 0 Å². The van der Waals surface area contributed by atoms with Gasteiger partial charge in [0, 0.05) is 12.1 Å². The van der Waals surface area contributed by atoms with Crippen LogP contribution in [0.2, 0.25) is 0 Å². The number of hydrogen-bond donors (Lipinski definition) is 1. The van der Waals surface area contributed by atoms with Crippen LogP contribution < -0.4 is 0 Å². The molecule has 4 rings (SSSR count). The van der Waals surface area contributed by atoms with Crippen LogP contribution in [0.3, 0.4) is 0 Å². The summed E-state index contributed by atoms with van der Waals surface area (Å²) in [5.41, 5.74) is 3.03. The van der Waals surface area contributed by atoms with Crippen molar-refractivity contribution in [3.8, 4) is 5.75 Å². The molecular weight excluding hydrogens is 250 g/mol. The molecule has 20 heavy (non-hydrogen) atoms. The maximum atomic E-state index is 9.50. The van der Waals surface area contributed by atoms with Crippen LogP contribution in [0.15, 0.2) is 28.2 Å². The van der Waals surface area contributed by atoms with Crippen molar-refractivity contribution in [3.05, 3.63) is 29.7 Å².